The Hall–Kier alpha value is -3.46. The molecule has 0 radical (unpaired) electrons. The van der Waals surface area contributed by atoms with Crippen molar-refractivity contribution in [3.05, 3.63) is 89.5 Å². The summed E-state index contributed by atoms with van der Waals surface area (Å²) in [6.07, 6.45) is -0.977. The van der Waals surface area contributed by atoms with Crippen molar-refractivity contribution in [1.82, 2.24) is 5.32 Å². The first-order chi connectivity index (χ1) is 16.2. The molecule has 3 aromatic rings. The van der Waals surface area contributed by atoms with E-state index in [1.54, 1.807) is 0 Å². The van der Waals surface area contributed by atoms with Gasteiger partial charge in [0.25, 0.3) is 0 Å². The van der Waals surface area contributed by atoms with Crippen molar-refractivity contribution in [2.45, 2.75) is 28.8 Å². The first-order valence-electron chi connectivity index (χ1n) is 10.4. The minimum Gasteiger partial charge on any atom is -0.480 e. The Bertz CT molecular complexity index is 1150. The van der Waals surface area contributed by atoms with Gasteiger partial charge in [-0.25, -0.2) is 9.59 Å². The predicted octanol–water partition coefficient (Wildman–Crippen LogP) is 5.83. The zero-order chi connectivity index (χ0) is 24.3. The number of carbonyl (C=O) groups excluding carboxylic acids is 1. The molecule has 0 fully saturated rings. The molecule has 9 heteroatoms. The van der Waals surface area contributed by atoms with Crippen LogP contribution in [0.3, 0.4) is 0 Å². The Labute approximate surface area is 197 Å². The number of hydrogen-bond donors (Lipinski definition) is 2. The molecule has 0 saturated heterocycles. The number of amides is 1. The van der Waals surface area contributed by atoms with Gasteiger partial charge in [0.1, 0.15) is 12.6 Å². The van der Waals surface area contributed by atoms with Gasteiger partial charge in [-0.05, 0) is 51.7 Å². The minimum absolute atomic E-state index is 0.00683. The summed E-state index contributed by atoms with van der Waals surface area (Å²) in [5.41, 5.74) is 0.269. The normalized spacial score (nSPS) is 13.6. The number of halogens is 3. The van der Waals surface area contributed by atoms with Crippen LogP contribution in [0.5, 0.6) is 0 Å². The molecule has 0 spiro atoms. The second-order valence-electron chi connectivity index (χ2n) is 7.76. The Morgan fingerprint density at radius 1 is 0.941 bits per heavy atom. The van der Waals surface area contributed by atoms with Crippen LogP contribution in [0.4, 0.5) is 18.0 Å². The molecule has 4 rings (SSSR count). The summed E-state index contributed by atoms with van der Waals surface area (Å²) in [7, 11) is 0. The zero-order valence-electron chi connectivity index (χ0n) is 17.7. The SMILES string of the molecule is O=C(NC(Cc1ccc(SC(F)(F)F)cc1)C(=O)O)OCC1c2ccccc2-c2ccccc21. The van der Waals surface area contributed by atoms with Crippen LogP contribution in [0.2, 0.25) is 0 Å². The van der Waals surface area contributed by atoms with Crippen molar-refractivity contribution in [2.75, 3.05) is 6.61 Å². The van der Waals surface area contributed by atoms with Gasteiger partial charge in [0.2, 0.25) is 0 Å². The van der Waals surface area contributed by atoms with Gasteiger partial charge in [-0.15, -0.1) is 0 Å². The number of rotatable bonds is 7. The molecule has 1 amide bonds. The van der Waals surface area contributed by atoms with Crippen molar-refractivity contribution < 1.29 is 32.6 Å². The average molecular weight is 487 g/mol. The first kappa shape index (κ1) is 23.7. The molecule has 1 unspecified atom stereocenters. The molecule has 0 aliphatic heterocycles. The summed E-state index contributed by atoms with van der Waals surface area (Å²) in [5, 5.41) is 11.9. The molecular formula is C25H20F3NO4S. The van der Waals surface area contributed by atoms with Gasteiger partial charge in [0, 0.05) is 17.2 Å². The molecule has 0 bridgehead atoms. The molecule has 0 saturated carbocycles. The maximum Gasteiger partial charge on any atom is 0.446 e. The van der Waals surface area contributed by atoms with Gasteiger partial charge < -0.3 is 15.2 Å². The van der Waals surface area contributed by atoms with E-state index in [-0.39, 0.29) is 35.6 Å². The topological polar surface area (TPSA) is 75.6 Å². The number of hydrogen-bond acceptors (Lipinski definition) is 4. The predicted molar refractivity (Wildman–Crippen MR) is 122 cm³/mol. The van der Waals surface area contributed by atoms with Crippen molar-refractivity contribution in [3.8, 4) is 11.1 Å². The number of alkyl carbamates (subject to hydrolysis) is 1. The van der Waals surface area contributed by atoms with Crippen LogP contribution in [0.15, 0.2) is 77.7 Å². The third-order valence-electron chi connectivity index (χ3n) is 5.53. The summed E-state index contributed by atoms with van der Waals surface area (Å²) in [6.45, 7) is 0.0373. The average Bonchev–Trinajstić information content (AvgIpc) is 3.11. The molecule has 1 atom stereocenters. The molecule has 176 valence electrons. The second-order valence-corrected chi connectivity index (χ2v) is 8.90. The number of thioether (sulfide) groups is 1. The van der Waals surface area contributed by atoms with Crippen molar-refractivity contribution in [2.24, 2.45) is 0 Å². The van der Waals surface area contributed by atoms with Crippen LogP contribution in [0.1, 0.15) is 22.6 Å². The van der Waals surface area contributed by atoms with Crippen LogP contribution < -0.4 is 5.32 Å². The number of aliphatic carboxylic acids is 1. The number of carboxylic acids is 1. The monoisotopic (exact) mass is 487 g/mol. The number of fused-ring (bicyclic) bond motifs is 3. The smallest absolute Gasteiger partial charge is 0.446 e. The van der Waals surface area contributed by atoms with E-state index in [9.17, 15) is 27.9 Å². The van der Waals surface area contributed by atoms with Crippen molar-refractivity contribution in [1.29, 1.82) is 0 Å². The second kappa shape index (κ2) is 9.80. The zero-order valence-corrected chi connectivity index (χ0v) is 18.5. The molecular weight excluding hydrogens is 467 g/mol. The Morgan fingerprint density at radius 2 is 1.50 bits per heavy atom. The third-order valence-corrected chi connectivity index (χ3v) is 6.27. The summed E-state index contributed by atoms with van der Waals surface area (Å²) >= 11 is -0.252. The molecule has 1 aliphatic carbocycles. The van der Waals surface area contributed by atoms with Gasteiger partial charge in [-0.2, -0.15) is 13.2 Å². The van der Waals surface area contributed by atoms with Gasteiger partial charge in [0.05, 0.1) is 0 Å². The quantitative estimate of drug-likeness (QED) is 0.410. The molecule has 3 aromatic carbocycles. The van der Waals surface area contributed by atoms with Crippen LogP contribution in [-0.2, 0) is 16.0 Å². The molecule has 0 aromatic heterocycles. The van der Waals surface area contributed by atoms with Gasteiger partial charge in [0.15, 0.2) is 0 Å². The standard InChI is InChI=1S/C25H20F3NO4S/c26-25(27,28)34-16-11-9-15(10-12-16)13-22(23(30)31)29-24(32)33-14-21-19-7-3-1-5-17(19)18-6-2-4-8-20(18)21/h1-12,21-22H,13-14H2,(H,29,32)(H,30,31). The number of ether oxygens (including phenoxy) is 1. The van der Waals surface area contributed by atoms with E-state index in [0.717, 1.165) is 22.3 Å². The van der Waals surface area contributed by atoms with Crippen LogP contribution in [0, 0.1) is 0 Å². The molecule has 34 heavy (non-hydrogen) atoms. The lowest BCUT2D eigenvalue weighted by Crippen LogP contribution is -2.42. The summed E-state index contributed by atoms with van der Waals surface area (Å²) in [5.74, 6) is -1.44. The largest absolute Gasteiger partial charge is 0.480 e. The van der Waals surface area contributed by atoms with Crippen LogP contribution in [0.25, 0.3) is 11.1 Å². The van der Waals surface area contributed by atoms with E-state index >= 15 is 0 Å². The lowest BCUT2D eigenvalue weighted by atomic mass is 9.98. The van der Waals surface area contributed by atoms with E-state index in [1.807, 2.05) is 48.5 Å². The maximum atomic E-state index is 12.5. The van der Waals surface area contributed by atoms with Gasteiger partial charge in [-0.1, -0.05) is 60.7 Å². The maximum absolute atomic E-state index is 12.5. The third kappa shape index (κ3) is 5.53. The highest BCUT2D eigenvalue weighted by molar-refractivity contribution is 8.00. The highest BCUT2D eigenvalue weighted by Crippen LogP contribution is 2.44. The van der Waals surface area contributed by atoms with Gasteiger partial charge in [-0.3, -0.25) is 0 Å². The van der Waals surface area contributed by atoms with Crippen LogP contribution >= 0.6 is 11.8 Å². The Morgan fingerprint density at radius 3 is 2.03 bits per heavy atom. The van der Waals surface area contributed by atoms with E-state index in [2.05, 4.69) is 5.32 Å². The van der Waals surface area contributed by atoms with Gasteiger partial charge >= 0.3 is 17.6 Å². The fourth-order valence-corrected chi connectivity index (χ4v) is 4.58. The number of carbonyl (C=O) groups is 2. The highest BCUT2D eigenvalue weighted by atomic mass is 32.2. The summed E-state index contributed by atoms with van der Waals surface area (Å²) < 4.78 is 42.8. The van der Waals surface area contributed by atoms with E-state index < -0.39 is 23.6 Å². The van der Waals surface area contributed by atoms with E-state index in [0.29, 0.717) is 5.56 Å². The fraction of sp³-hybridized carbons (Fsp3) is 0.200. The number of benzene rings is 3. The molecule has 5 nitrogen and oxygen atoms in total. The molecule has 1 aliphatic rings. The van der Waals surface area contributed by atoms with Crippen LogP contribution in [-0.4, -0.2) is 35.3 Å². The highest BCUT2D eigenvalue weighted by Gasteiger charge is 2.30. The molecule has 2 N–H and O–H groups in total. The van der Waals surface area contributed by atoms with Crippen molar-refractivity contribution in [3.63, 3.8) is 0 Å². The number of carboxylic acid groups (broad SMARTS) is 1. The Balaban J connectivity index is 1.38. The fourth-order valence-electron chi connectivity index (χ4n) is 4.05. The Kier molecular flexibility index (Phi) is 6.83. The lowest BCUT2D eigenvalue weighted by Gasteiger charge is -2.17. The lowest BCUT2D eigenvalue weighted by molar-refractivity contribution is -0.139. The first-order valence-corrected chi connectivity index (χ1v) is 11.2. The summed E-state index contributed by atoms with van der Waals surface area (Å²) in [4.78, 5) is 24.1. The van der Waals surface area contributed by atoms with E-state index in [4.69, 9.17) is 4.74 Å². The number of nitrogens with one attached hydrogen (secondary N) is 1. The number of alkyl halides is 3. The minimum atomic E-state index is -4.41. The molecule has 0 heterocycles. The van der Waals surface area contributed by atoms with Crippen molar-refractivity contribution >= 4 is 23.8 Å². The van der Waals surface area contributed by atoms with E-state index in [1.165, 1.54) is 24.3 Å². The summed E-state index contributed by atoms with van der Waals surface area (Å²) in [6, 6.07) is 19.7.